The average Bonchev–Trinajstić information content (AvgIpc) is 2.46. The smallest absolute Gasteiger partial charge is 0.307 e. The predicted octanol–water partition coefficient (Wildman–Crippen LogP) is 0.856. The van der Waals surface area contributed by atoms with Gasteiger partial charge in [0.1, 0.15) is 0 Å². The molecule has 0 aromatic carbocycles. The van der Waals surface area contributed by atoms with Crippen LogP contribution in [0.3, 0.4) is 0 Å². The minimum atomic E-state index is 0.0736. The predicted molar refractivity (Wildman–Crippen MR) is 53.3 cm³/mol. The van der Waals surface area contributed by atoms with Crippen molar-refractivity contribution in [3.05, 3.63) is 21.2 Å². The molecule has 0 fully saturated rings. The van der Waals surface area contributed by atoms with Crippen LogP contribution in [0, 0.1) is 0 Å². The van der Waals surface area contributed by atoms with Crippen LogP contribution in [0.2, 0.25) is 0 Å². The molecule has 1 aromatic rings. The van der Waals surface area contributed by atoms with E-state index >= 15 is 0 Å². The van der Waals surface area contributed by atoms with Gasteiger partial charge >= 0.3 is 4.87 Å². The van der Waals surface area contributed by atoms with Crippen molar-refractivity contribution in [2.24, 2.45) is 0 Å². The first-order valence-electron chi connectivity index (χ1n) is 3.67. The Labute approximate surface area is 80.4 Å². The first-order chi connectivity index (χ1) is 5.84. The Kier molecular flexibility index (Phi) is 4.42. The van der Waals surface area contributed by atoms with Crippen molar-refractivity contribution < 1.29 is 4.74 Å². The van der Waals surface area contributed by atoms with Gasteiger partial charge in [-0.3, -0.25) is 4.79 Å². The van der Waals surface area contributed by atoms with E-state index in [9.17, 15) is 4.79 Å². The number of aromatic nitrogens is 1. The normalized spacial score (nSPS) is 10.4. The summed E-state index contributed by atoms with van der Waals surface area (Å²) < 4.78 is 6.82. The summed E-state index contributed by atoms with van der Waals surface area (Å²) in [5.74, 6) is 0.721. The van der Waals surface area contributed by atoms with Gasteiger partial charge in [-0.15, -0.1) is 0 Å². The second-order valence-electron chi connectivity index (χ2n) is 2.20. The van der Waals surface area contributed by atoms with Crippen molar-refractivity contribution in [2.75, 3.05) is 19.0 Å². The summed E-state index contributed by atoms with van der Waals surface area (Å²) in [5.41, 5.74) is 0. The van der Waals surface area contributed by atoms with Crippen LogP contribution in [0.15, 0.2) is 16.4 Å². The first kappa shape index (κ1) is 9.83. The molecular formula is C7H11NO2S2. The molecule has 0 unspecified atom stereocenters. The summed E-state index contributed by atoms with van der Waals surface area (Å²) in [6.07, 6.45) is 1.77. The van der Waals surface area contributed by atoms with Crippen LogP contribution in [-0.2, 0) is 11.3 Å². The number of hydrogen-bond donors (Lipinski definition) is 1. The van der Waals surface area contributed by atoms with E-state index in [2.05, 4.69) is 12.6 Å². The maximum Gasteiger partial charge on any atom is 0.307 e. The number of thiazole rings is 1. The summed E-state index contributed by atoms with van der Waals surface area (Å²) in [6, 6.07) is 0. The highest BCUT2D eigenvalue weighted by atomic mass is 32.1. The Morgan fingerprint density at radius 2 is 2.42 bits per heavy atom. The summed E-state index contributed by atoms with van der Waals surface area (Å²) in [5, 5.41) is 1.78. The van der Waals surface area contributed by atoms with Gasteiger partial charge in [0.2, 0.25) is 0 Å². The number of nitrogens with zero attached hydrogens (tertiary/aromatic N) is 1. The van der Waals surface area contributed by atoms with Gasteiger partial charge in [0.25, 0.3) is 0 Å². The lowest BCUT2D eigenvalue weighted by Gasteiger charge is -2.01. The molecule has 0 radical (unpaired) electrons. The Morgan fingerprint density at radius 1 is 1.58 bits per heavy atom. The summed E-state index contributed by atoms with van der Waals surface area (Å²) in [6.45, 7) is 1.86. The molecule has 12 heavy (non-hydrogen) atoms. The number of hydrogen-bond acceptors (Lipinski definition) is 4. The SMILES string of the molecule is O=c1sccn1CCOCCS. The molecule has 5 heteroatoms. The van der Waals surface area contributed by atoms with Crippen LogP contribution in [0.4, 0.5) is 0 Å². The molecule has 0 saturated carbocycles. The second kappa shape index (κ2) is 5.40. The lowest BCUT2D eigenvalue weighted by Crippen LogP contribution is -2.15. The minimum Gasteiger partial charge on any atom is -0.379 e. The van der Waals surface area contributed by atoms with Crippen molar-refractivity contribution in [3.63, 3.8) is 0 Å². The molecule has 0 aliphatic rings. The molecule has 0 aliphatic heterocycles. The van der Waals surface area contributed by atoms with Gasteiger partial charge in [-0.25, -0.2) is 0 Å². The zero-order chi connectivity index (χ0) is 8.81. The highest BCUT2D eigenvalue weighted by Gasteiger charge is 1.94. The fourth-order valence-corrected chi connectivity index (χ4v) is 1.53. The Balaban J connectivity index is 2.24. The Bertz CT molecular complexity index is 268. The fraction of sp³-hybridized carbons (Fsp3) is 0.571. The summed E-state index contributed by atoms with van der Waals surface area (Å²) >= 11 is 5.20. The van der Waals surface area contributed by atoms with Gasteiger partial charge < -0.3 is 9.30 Å². The van der Waals surface area contributed by atoms with Crippen molar-refractivity contribution >= 4 is 24.0 Å². The molecular weight excluding hydrogens is 194 g/mol. The van der Waals surface area contributed by atoms with E-state index in [1.165, 1.54) is 11.3 Å². The molecule has 0 amide bonds. The fourth-order valence-electron chi connectivity index (χ4n) is 0.786. The lowest BCUT2D eigenvalue weighted by atomic mass is 10.6. The van der Waals surface area contributed by atoms with Gasteiger partial charge in [0.15, 0.2) is 0 Å². The van der Waals surface area contributed by atoms with Crippen LogP contribution in [0.5, 0.6) is 0 Å². The van der Waals surface area contributed by atoms with Gasteiger partial charge in [0.05, 0.1) is 13.2 Å². The third-order valence-corrected chi connectivity index (χ3v) is 2.23. The van der Waals surface area contributed by atoms with Crippen LogP contribution >= 0.6 is 24.0 Å². The third kappa shape index (κ3) is 3.00. The van der Waals surface area contributed by atoms with E-state index in [0.29, 0.717) is 19.8 Å². The molecule has 0 aliphatic carbocycles. The molecule has 0 bridgehead atoms. The quantitative estimate of drug-likeness (QED) is 0.571. The number of thiol groups is 1. The molecule has 1 aromatic heterocycles. The lowest BCUT2D eigenvalue weighted by molar-refractivity contribution is 0.141. The van der Waals surface area contributed by atoms with Gasteiger partial charge in [-0.2, -0.15) is 12.6 Å². The summed E-state index contributed by atoms with van der Waals surface area (Å²) in [7, 11) is 0. The van der Waals surface area contributed by atoms with E-state index in [-0.39, 0.29) is 4.87 Å². The van der Waals surface area contributed by atoms with E-state index in [1.807, 2.05) is 0 Å². The molecule has 0 saturated heterocycles. The van der Waals surface area contributed by atoms with Crippen LogP contribution < -0.4 is 4.87 Å². The van der Waals surface area contributed by atoms with Gasteiger partial charge in [-0.05, 0) is 0 Å². The summed E-state index contributed by atoms with van der Waals surface area (Å²) in [4.78, 5) is 11.1. The molecule has 68 valence electrons. The largest absolute Gasteiger partial charge is 0.379 e. The van der Waals surface area contributed by atoms with E-state index in [1.54, 1.807) is 16.1 Å². The Morgan fingerprint density at radius 3 is 3.00 bits per heavy atom. The minimum absolute atomic E-state index is 0.0736. The first-order valence-corrected chi connectivity index (χ1v) is 5.18. The Hall–Kier alpha value is -0.260. The topological polar surface area (TPSA) is 31.2 Å². The van der Waals surface area contributed by atoms with E-state index in [0.717, 1.165) is 5.75 Å². The van der Waals surface area contributed by atoms with Crippen LogP contribution in [-0.4, -0.2) is 23.5 Å². The second-order valence-corrected chi connectivity index (χ2v) is 3.50. The van der Waals surface area contributed by atoms with Crippen LogP contribution in [0.1, 0.15) is 0 Å². The molecule has 0 N–H and O–H groups in total. The maximum absolute atomic E-state index is 11.0. The molecule has 3 nitrogen and oxygen atoms in total. The molecule has 1 rings (SSSR count). The maximum atomic E-state index is 11.0. The third-order valence-electron chi connectivity index (χ3n) is 1.36. The zero-order valence-electron chi connectivity index (χ0n) is 6.60. The zero-order valence-corrected chi connectivity index (χ0v) is 8.31. The van der Waals surface area contributed by atoms with Crippen molar-refractivity contribution in [1.82, 2.24) is 4.57 Å². The highest BCUT2D eigenvalue weighted by molar-refractivity contribution is 7.80. The molecule has 0 spiro atoms. The molecule has 1 heterocycles. The average molecular weight is 205 g/mol. The monoisotopic (exact) mass is 205 g/mol. The van der Waals surface area contributed by atoms with E-state index < -0.39 is 0 Å². The standard InChI is InChI=1S/C7H11NO2S2/c9-7-8(2-6-12-7)1-3-10-4-5-11/h2,6,11H,1,3-5H2. The van der Waals surface area contributed by atoms with Crippen molar-refractivity contribution in [1.29, 1.82) is 0 Å². The van der Waals surface area contributed by atoms with Crippen molar-refractivity contribution in [2.45, 2.75) is 6.54 Å². The van der Waals surface area contributed by atoms with Crippen LogP contribution in [0.25, 0.3) is 0 Å². The van der Waals surface area contributed by atoms with E-state index in [4.69, 9.17) is 4.74 Å². The molecule has 0 atom stereocenters. The van der Waals surface area contributed by atoms with Crippen molar-refractivity contribution in [3.8, 4) is 0 Å². The number of ether oxygens (including phenoxy) is 1. The highest BCUT2D eigenvalue weighted by Crippen LogP contribution is 1.89. The number of rotatable bonds is 5. The van der Waals surface area contributed by atoms with Gasteiger partial charge in [0, 0.05) is 23.9 Å². The van der Waals surface area contributed by atoms with Gasteiger partial charge in [-0.1, -0.05) is 11.3 Å².